The first-order valence-corrected chi connectivity index (χ1v) is 3.22. The van der Waals surface area contributed by atoms with Gasteiger partial charge in [0.2, 0.25) is 5.91 Å². The van der Waals surface area contributed by atoms with E-state index >= 15 is 0 Å². The normalized spacial score (nSPS) is 11.3. The molecule has 4 nitrogen and oxygen atoms in total. The molecule has 10 heavy (non-hydrogen) atoms. The second-order valence-corrected chi connectivity index (χ2v) is 1.94. The van der Waals surface area contributed by atoms with Crippen LogP contribution < -0.4 is 11.2 Å². The highest BCUT2D eigenvalue weighted by atomic mass is 16.2. The van der Waals surface area contributed by atoms with Crippen molar-refractivity contribution in [1.29, 1.82) is 0 Å². The minimum Gasteiger partial charge on any atom is -0.325 e. The number of hydrogen-bond acceptors (Lipinski definition) is 3. The molecule has 0 aliphatic rings. The number of amides is 1. The molecule has 0 aromatic carbocycles. The summed E-state index contributed by atoms with van der Waals surface area (Å²) in [6, 6.07) is 0. The first-order valence-electron chi connectivity index (χ1n) is 3.22. The lowest BCUT2D eigenvalue weighted by molar-refractivity contribution is -0.120. The summed E-state index contributed by atoms with van der Waals surface area (Å²) in [5, 5.41) is 3.71. The van der Waals surface area contributed by atoms with Gasteiger partial charge in [-0.2, -0.15) is 5.10 Å². The molecule has 0 radical (unpaired) electrons. The second-order valence-electron chi connectivity index (χ2n) is 1.94. The molecule has 0 aliphatic heterocycles. The van der Waals surface area contributed by atoms with Crippen molar-refractivity contribution in [3.8, 4) is 0 Å². The summed E-state index contributed by atoms with van der Waals surface area (Å²) >= 11 is 0. The van der Waals surface area contributed by atoms with Crippen LogP contribution in [0.3, 0.4) is 0 Å². The lowest BCUT2D eigenvalue weighted by Crippen LogP contribution is -2.20. The molecule has 0 saturated carbocycles. The molecule has 58 valence electrons. The van der Waals surface area contributed by atoms with Gasteiger partial charge in [0.1, 0.15) is 0 Å². The topological polar surface area (TPSA) is 67.5 Å². The Kier molecular flexibility index (Phi) is 4.49. The number of nitrogens with zero attached hydrogens (tertiary/aromatic N) is 1. The predicted molar refractivity (Wildman–Crippen MR) is 40.6 cm³/mol. The molecule has 0 spiro atoms. The van der Waals surface area contributed by atoms with Crippen molar-refractivity contribution in [1.82, 2.24) is 5.43 Å². The monoisotopic (exact) mass is 143 g/mol. The van der Waals surface area contributed by atoms with Crippen LogP contribution in [-0.2, 0) is 4.79 Å². The average Bonchev–Trinajstić information content (AvgIpc) is 1.99. The van der Waals surface area contributed by atoms with Crippen molar-refractivity contribution in [3.63, 3.8) is 0 Å². The Morgan fingerprint density at radius 3 is 2.70 bits per heavy atom. The zero-order valence-electron chi connectivity index (χ0n) is 6.35. The maximum absolute atomic E-state index is 10.6. The van der Waals surface area contributed by atoms with E-state index in [1.165, 1.54) is 0 Å². The van der Waals surface area contributed by atoms with Crippen LogP contribution in [0.1, 0.15) is 20.3 Å². The summed E-state index contributed by atoms with van der Waals surface area (Å²) in [7, 11) is 0. The largest absolute Gasteiger partial charge is 0.325 e. The van der Waals surface area contributed by atoms with E-state index in [1.807, 2.05) is 0 Å². The molecule has 3 N–H and O–H groups in total. The van der Waals surface area contributed by atoms with Crippen LogP contribution >= 0.6 is 0 Å². The lowest BCUT2D eigenvalue weighted by Gasteiger charge is -1.96. The predicted octanol–water partition coefficient (Wildman–Crippen LogP) is -0.153. The van der Waals surface area contributed by atoms with E-state index in [0.717, 1.165) is 5.71 Å². The smallest absolute Gasteiger partial charge is 0.239 e. The zero-order valence-corrected chi connectivity index (χ0v) is 6.35. The molecule has 0 saturated heterocycles. The number of carbonyl (C=O) groups excluding carboxylic acids is 1. The zero-order chi connectivity index (χ0) is 7.98. The van der Waals surface area contributed by atoms with Crippen molar-refractivity contribution >= 4 is 11.6 Å². The molecule has 1 amide bonds. The molecule has 0 heterocycles. The van der Waals surface area contributed by atoms with E-state index in [4.69, 9.17) is 5.73 Å². The minimum absolute atomic E-state index is 0.0900. The lowest BCUT2D eigenvalue weighted by atomic mass is 10.4. The summed E-state index contributed by atoms with van der Waals surface area (Å²) in [5.74, 6) is -0.0900. The highest BCUT2D eigenvalue weighted by Crippen LogP contribution is 1.75. The van der Waals surface area contributed by atoms with Crippen molar-refractivity contribution in [3.05, 3.63) is 0 Å². The Bertz CT molecular complexity index is 142. The molecule has 0 fully saturated rings. The van der Waals surface area contributed by atoms with Gasteiger partial charge in [-0.25, -0.2) is 5.43 Å². The molecular formula is C6H13N3O. The van der Waals surface area contributed by atoms with Gasteiger partial charge >= 0.3 is 0 Å². The van der Waals surface area contributed by atoms with Gasteiger partial charge in [0, 0.05) is 18.7 Å². The van der Waals surface area contributed by atoms with Gasteiger partial charge in [-0.1, -0.05) is 6.92 Å². The van der Waals surface area contributed by atoms with Gasteiger partial charge in [0.05, 0.1) is 0 Å². The van der Waals surface area contributed by atoms with Crippen LogP contribution in [0.2, 0.25) is 0 Å². The Morgan fingerprint density at radius 1 is 1.70 bits per heavy atom. The van der Waals surface area contributed by atoms with Crippen LogP contribution in [0.5, 0.6) is 0 Å². The van der Waals surface area contributed by atoms with Crippen LogP contribution in [0.15, 0.2) is 5.10 Å². The van der Waals surface area contributed by atoms with Gasteiger partial charge < -0.3 is 5.73 Å². The molecule has 0 aromatic rings. The third-order valence-electron chi connectivity index (χ3n) is 0.988. The van der Waals surface area contributed by atoms with Crippen molar-refractivity contribution in [2.45, 2.75) is 20.3 Å². The Hall–Kier alpha value is -0.900. The van der Waals surface area contributed by atoms with E-state index in [9.17, 15) is 4.79 Å². The average molecular weight is 143 g/mol. The van der Waals surface area contributed by atoms with Crippen LogP contribution in [0.25, 0.3) is 0 Å². The summed E-state index contributed by atoms with van der Waals surface area (Å²) < 4.78 is 0. The number of hydrogen-bond donors (Lipinski definition) is 2. The van der Waals surface area contributed by atoms with Crippen molar-refractivity contribution in [2.75, 3.05) is 6.54 Å². The Morgan fingerprint density at radius 2 is 2.30 bits per heavy atom. The first-order chi connectivity index (χ1) is 4.70. The van der Waals surface area contributed by atoms with Gasteiger partial charge in [-0.05, 0) is 6.92 Å². The number of nitrogens with one attached hydrogen (secondary N) is 1. The summed E-state index contributed by atoms with van der Waals surface area (Å²) in [6.07, 6.45) is 0.446. The third kappa shape index (κ3) is 4.03. The second kappa shape index (κ2) is 4.93. The molecule has 0 atom stereocenters. The fourth-order valence-corrected chi connectivity index (χ4v) is 0.282. The van der Waals surface area contributed by atoms with Gasteiger partial charge in [-0.15, -0.1) is 0 Å². The van der Waals surface area contributed by atoms with E-state index in [1.54, 1.807) is 13.8 Å². The van der Waals surface area contributed by atoms with Gasteiger partial charge in [0.15, 0.2) is 0 Å². The van der Waals surface area contributed by atoms with E-state index < -0.39 is 0 Å². The number of rotatable bonds is 3. The van der Waals surface area contributed by atoms with E-state index in [-0.39, 0.29) is 5.91 Å². The van der Waals surface area contributed by atoms with Crippen molar-refractivity contribution in [2.24, 2.45) is 10.8 Å². The van der Waals surface area contributed by atoms with Crippen LogP contribution in [-0.4, -0.2) is 18.2 Å². The highest BCUT2D eigenvalue weighted by molar-refractivity contribution is 5.85. The van der Waals surface area contributed by atoms with Crippen LogP contribution in [0, 0.1) is 0 Å². The van der Waals surface area contributed by atoms with Crippen LogP contribution in [0.4, 0.5) is 0 Å². The van der Waals surface area contributed by atoms with Gasteiger partial charge in [-0.3, -0.25) is 4.79 Å². The summed E-state index contributed by atoms with van der Waals surface area (Å²) in [6.45, 7) is 3.91. The third-order valence-corrected chi connectivity index (χ3v) is 0.988. The maximum Gasteiger partial charge on any atom is 0.239 e. The molecule has 4 heteroatoms. The highest BCUT2D eigenvalue weighted by Gasteiger charge is 1.92. The molecule has 0 aliphatic carbocycles. The molecular weight excluding hydrogens is 130 g/mol. The maximum atomic E-state index is 10.6. The molecule has 0 aromatic heterocycles. The first kappa shape index (κ1) is 9.10. The fourth-order valence-electron chi connectivity index (χ4n) is 0.282. The molecule has 0 unspecified atom stereocenters. The SMILES string of the molecule is CCC(=O)NN=C(C)CN. The summed E-state index contributed by atoms with van der Waals surface area (Å²) in [5.41, 5.74) is 8.29. The minimum atomic E-state index is -0.0900. The Labute approximate surface area is 60.5 Å². The quantitative estimate of drug-likeness (QED) is 0.426. The van der Waals surface area contributed by atoms with E-state index in [2.05, 4.69) is 10.5 Å². The number of carbonyl (C=O) groups is 1. The fraction of sp³-hybridized carbons (Fsp3) is 0.667. The summed E-state index contributed by atoms with van der Waals surface area (Å²) in [4.78, 5) is 10.6. The standard InChI is InChI=1S/C6H13N3O/c1-3-6(10)9-8-5(2)4-7/h3-4,7H2,1-2H3,(H,9,10). The molecule has 0 bridgehead atoms. The van der Waals surface area contributed by atoms with Crippen molar-refractivity contribution < 1.29 is 4.79 Å². The molecule has 0 rings (SSSR count). The number of hydrazone groups is 1. The number of nitrogens with two attached hydrogens (primary N) is 1. The van der Waals surface area contributed by atoms with E-state index in [0.29, 0.717) is 13.0 Å². The van der Waals surface area contributed by atoms with Gasteiger partial charge in [0.25, 0.3) is 0 Å². The Balaban J connectivity index is 3.61.